The Morgan fingerprint density at radius 2 is 0.375 bits per heavy atom. The molecule has 0 atom stereocenters. The highest BCUT2D eigenvalue weighted by molar-refractivity contribution is 4.93. The Bertz CT molecular complexity index is 309. The summed E-state index contributed by atoms with van der Waals surface area (Å²) in [5.74, 6) is 9.39. The summed E-state index contributed by atoms with van der Waals surface area (Å²) in [5.41, 5.74) is 0. The van der Waals surface area contributed by atoms with Gasteiger partial charge < -0.3 is 0 Å². The molecule has 0 aliphatic heterocycles. The molecule has 0 unspecified atom stereocenters. The summed E-state index contributed by atoms with van der Waals surface area (Å²) in [6.07, 6.45) is 25.3. The summed E-state index contributed by atoms with van der Waals surface area (Å²) in [6.45, 7) is 12.0. The van der Waals surface area contributed by atoms with Gasteiger partial charge in [0.15, 0.2) is 0 Å². The van der Waals surface area contributed by atoms with Gasteiger partial charge in [-0.3, -0.25) is 0 Å². The fourth-order valence-electron chi connectivity index (χ4n) is 8.33. The lowest BCUT2D eigenvalue weighted by Gasteiger charge is -2.49. The van der Waals surface area contributed by atoms with E-state index in [1.165, 1.54) is 47.3 Å². The van der Waals surface area contributed by atoms with Gasteiger partial charge in [-0.1, -0.05) is 108 Å². The van der Waals surface area contributed by atoms with Gasteiger partial charge in [-0.2, -0.15) is 0 Å². The van der Waals surface area contributed by atoms with E-state index in [0.717, 1.165) is 0 Å². The first kappa shape index (κ1) is 32.0. The first-order valence-corrected chi connectivity index (χ1v) is 14.8. The van der Waals surface area contributed by atoms with Gasteiger partial charge in [-0.15, -0.1) is 0 Å². The van der Waals surface area contributed by atoms with Gasteiger partial charge in [-0.25, -0.2) is 0 Å². The van der Waals surface area contributed by atoms with Crippen LogP contribution in [0.15, 0.2) is 0 Å². The molecule has 8 aliphatic rings. The van der Waals surface area contributed by atoms with Gasteiger partial charge in [0.1, 0.15) is 0 Å². The average molecular weight is 451 g/mol. The van der Waals surface area contributed by atoms with Gasteiger partial charge in [0.25, 0.3) is 0 Å². The summed E-state index contributed by atoms with van der Waals surface area (Å²) in [4.78, 5) is 0. The first-order valence-electron chi connectivity index (χ1n) is 14.8. The molecule has 0 heteroatoms. The Morgan fingerprint density at radius 3 is 0.469 bits per heavy atom. The first-order chi connectivity index (χ1) is 14.8. The minimum atomic E-state index is 0. The lowest BCUT2D eigenvalue weighted by molar-refractivity contribution is 0.0198. The number of hydrogen-bond donors (Lipinski definition) is 0. The van der Waals surface area contributed by atoms with E-state index in [9.17, 15) is 0 Å². The van der Waals surface area contributed by atoms with Crippen molar-refractivity contribution < 1.29 is 0 Å². The van der Waals surface area contributed by atoms with Crippen molar-refractivity contribution in [1.29, 1.82) is 0 Å². The van der Waals surface area contributed by atoms with Crippen LogP contribution in [0, 0.1) is 47.3 Å². The van der Waals surface area contributed by atoms with E-state index in [4.69, 9.17) is 0 Å². The van der Waals surface area contributed by atoms with Crippen molar-refractivity contribution in [3.8, 4) is 0 Å². The van der Waals surface area contributed by atoms with Gasteiger partial charge in [-0.05, 0) is 98.7 Å². The normalized spacial score (nSPS) is 39.6. The maximum absolute atomic E-state index is 2.00. The molecule has 8 saturated carbocycles. The van der Waals surface area contributed by atoms with E-state index in [0.29, 0.717) is 0 Å². The molecule has 194 valence electrons. The minimum Gasteiger partial charge on any atom is -0.0776 e. The highest BCUT2D eigenvalue weighted by Crippen LogP contribution is 2.53. The number of hydrogen-bond acceptors (Lipinski definition) is 0. The Hall–Kier alpha value is 0. The molecule has 0 radical (unpaired) electrons. The molecule has 8 rings (SSSR count). The largest absolute Gasteiger partial charge is 0.0776 e. The molecular weight excluding hydrogens is 384 g/mol. The fourth-order valence-corrected chi connectivity index (χ4v) is 8.33. The summed E-state index contributed by atoms with van der Waals surface area (Å²) in [5, 5.41) is 0. The van der Waals surface area contributed by atoms with E-state index in [1.807, 2.05) is 41.5 Å². The molecule has 0 aromatic rings. The van der Waals surface area contributed by atoms with Crippen LogP contribution in [0.3, 0.4) is 0 Å². The van der Waals surface area contributed by atoms with Crippen molar-refractivity contribution in [1.82, 2.24) is 0 Å². The number of rotatable bonds is 0. The van der Waals surface area contributed by atoms with E-state index < -0.39 is 0 Å². The Labute approximate surface area is 206 Å². The molecule has 8 fully saturated rings. The molecule has 0 spiro atoms. The third kappa shape index (κ3) is 9.33. The standard InChI is InChI=1S/C10H16.2C7H12.3C2H6.2CH4/c1-7-2-9-4-8(1)5-10(3-7)6-9;2*1-2-7-4-3-6(1)5-7;3*1-2;;/h7-10H,1-6H2;2*6-7H,1-5H2;3*1-2H3;2*1H4. The molecule has 0 saturated heterocycles. The van der Waals surface area contributed by atoms with Crippen molar-refractivity contribution >= 4 is 0 Å². The van der Waals surface area contributed by atoms with Crippen molar-refractivity contribution in [3.05, 3.63) is 0 Å². The van der Waals surface area contributed by atoms with Gasteiger partial charge in [0.2, 0.25) is 0 Å². The molecule has 0 heterocycles. The van der Waals surface area contributed by atoms with E-state index in [2.05, 4.69) is 0 Å². The molecule has 0 aromatic heterocycles. The smallest absolute Gasteiger partial charge is 0.0406 e. The molecule has 32 heavy (non-hydrogen) atoms. The topological polar surface area (TPSA) is 0 Å². The highest BCUT2D eigenvalue weighted by Gasteiger charge is 2.41. The summed E-state index contributed by atoms with van der Waals surface area (Å²) in [6, 6.07) is 0. The minimum absolute atomic E-state index is 0. The summed E-state index contributed by atoms with van der Waals surface area (Å²) < 4.78 is 0. The van der Waals surface area contributed by atoms with E-state index in [-0.39, 0.29) is 14.9 Å². The molecule has 0 aromatic carbocycles. The second-order valence-electron chi connectivity index (χ2n) is 11.1. The SMILES string of the molecule is C.C.C1C2CC3CC1CC(C2)C3.C1CC2CCC1C2.C1CC2CCC1C2.CC.CC.CC. The van der Waals surface area contributed by atoms with Crippen LogP contribution in [0.1, 0.15) is 159 Å². The van der Waals surface area contributed by atoms with Crippen LogP contribution in [0.5, 0.6) is 0 Å². The molecule has 0 nitrogen and oxygen atoms in total. The van der Waals surface area contributed by atoms with Crippen molar-refractivity contribution in [2.75, 3.05) is 0 Å². The summed E-state index contributed by atoms with van der Waals surface area (Å²) in [7, 11) is 0. The van der Waals surface area contributed by atoms with Crippen LogP contribution in [-0.4, -0.2) is 0 Å². The molecule has 8 bridgehead atoms. The second-order valence-corrected chi connectivity index (χ2v) is 11.1. The van der Waals surface area contributed by atoms with E-state index in [1.54, 1.807) is 103 Å². The van der Waals surface area contributed by atoms with Crippen molar-refractivity contribution in [3.63, 3.8) is 0 Å². The quantitative estimate of drug-likeness (QED) is 0.344. The van der Waals surface area contributed by atoms with Crippen LogP contribution >= 0.6 is 0 Å². The van der Waals surface area contributed by atoms with Gasteiger partial charge >= 0.3 is 0 Å². The zero-order valence-electron chi connectivity index (χ0n) is 21.9. The molecular formula is C32H66. The second kappa shape index (κ2) is 17.4. The van der Waals surface area contributed by atoms with Gasteiger partial charge in [0.05, 0.1) is 0 Å². The van der Waals surface area contributed by atoms with Crippen molar-refractivity contribution in [2.24, 2.45) is 47.3 Å². The maximum Gasteiger partial charge on any atom is -0.0406 e. The zero-order chi connectivity index (χ0) is 21.9. The van der Waals surface area contributed by atoms with Crippen LogP contribution in [0.4, 0.5) is 0 Å². The number of fused-ring (bicyclic) bond motifs is 4. The monoisotopic (exact) mass is 451 g/mol. The molecule has 8 aliphatic carbocycles. The van der Waals surface area contributed by atoms with Crippen LogP contribution in [-0.2, 0) is 0 Å². The van der Waals surface area contributed by atoms with Crippen LogP contribution in [0.2, 0.25) is 0 Å². The molecule has 0 amide bonds. The average Bonchev–Trinajstić information content (AvgIpc) is 3.62. The fraction of sp³-hybridized carbons (Fsp3) is 1.00. The predicted octanol–water partition coefficient (Wildman–Crippen LogP) is 11.6. The lowest BCUT2D eigenvalue weighted by atomic mass is 9.56. The van der Waals surface area contributed by atoms with E-state index >= 15 is 0 Å². The van der Waals surface area contributed by atoms with Gasteiger partial charge in [0, 0.05) is 0 Å². The highest BCUT2D eigenvalue weighted by atomic mass is 14.5. The van der Waals surface area contributed by atoms with Crippen LogP contribution < -0.4 is 0 Å². The van der Waals surface area contributed by atoms with Crippen LogP contribution in [0.25, 0.3) is 0 Å². The lowest BCUT2D eigenvalue weighted by Crippen LogP contribution is -2.38. The Morgan fingerprint density at radius 1 is 0.250 bits per heavy atom. The van der Waals surface area contributed by atoms with Crippen molar-refractivity contribution in [2.45, 2.75) is 159 Å². The maximum atomic E-state index is 2.00. The third-order valence-electron chi connectivity index (χ3n) is 9.27. The Kier molecular flexibility index (Phi) is 17.4. The predicted molar refractivity (Wildman–Crippen MR) is 149 cm³/mol. The zero-order valence-corrected chi connectivity index (χ0v) is 21.9. The Balaban J connectivity index is 0.000000398. The third-order valence-corrected chi connectivity index (χ3v) is 9.27. The summed E-state index contributed by atoms with van der Waals surface area (Å²) >= 11 is 0. The molecule has 0 N–H and O–H groups in total.